The molecule has 1 aromatic carbocycles. The van der Waals surface area contributed by atoms with Crippen molar-refractivity contribution in [3.05, 3.63) is 47.5 Å². The molecule has 1 saturated carbocycles. The Bertz CT molecular complexity index is 377. The second-order valence-corrected chi connectivity index (χ2v) is 6.02. The molecule has 0 bridgehead atoms. The lowest BCUT2D eigenvalue weighted by Crippen LogP contribution is -2.13. The van der Waals surface area contributed by atoms with Crippen LogP contribution in [0.4, 0.5) is 0 Å². The summed E-state index contributed by atoms with van der Waals surface area (Å²) in [4.78, 5) is 0. The van der Waals surface area contributed by atoms with E-state index in [-0.39, 0.29) is 0 Å². The molecule has 0 atom stereocenters. The van der Waals surface area contributed by atoms with Gasteiger partial charge in [-0.3, -0.25) is 0 Å². The van der Waals surface area contributed by atoms with Gasteiger partial charge < -0.3 is 0 Å². The number of allylic oxidation sites excluding steroid dienone is 2. The van der Waals surface area contributed by atoms with Crippen LogP contribution in [0.5, 0.6) is 0 Å². The maximum absolute atomic E-state index is 2.40. The lowest BCUT2D eigenvalue weighted by molar-refractivity contribution is 0.296. The van der Waals surface area contributed by atoms with Gasteiger partial charge in [0, 0.05) is 0 Å². The molecule has 2 rings (SSSR count). The molecule has 0 aliphatic heterocycles. The average molecular weight is 256 g/mol. The third-order valence-electron chi connectivity index (χ3n) is 4.63. The van der Waals surface area contributed by atoms with Gasteiger partial charge in [-0.25, -0.2) is 0 Å². The molecule has 0 aromatic heterocycles. The maximum Gasteiger partial charge on any atom is -0.0233 e. The first-order chi connectivity index (χ1) is 9.31. The minimum absolute atomic E-state index is 0.866. The van der Waals surface area contributed by atoms with Gasteiger partial charge in [0.2, 0.25) is 0 Å². The smallest absolute Gasteiger partial charge is 0.0233 e. The fourth-order valence-electron chi connectivity index (χ4n) is 3.25. The van der Waals surface area contributed by atoms with Gasteiger partial charge in [-0.2, -0.15) is 0 Å². The van der Waals surface area contributed by atoms with Gasteiger partial charge in [0.25, 0.3) is 0 Å². The van der Waals surface area contributed by atoms with Crippen LogP contribution >= 0.6 is 0 Å². The van der Waals surface area contributed by atoms with E-state index in [1.165, 1.54) is 49.7 Å². The largest absolute Gasteiger partial charge is 0.0914 e. The van der Waals surface area contributed by atoms with Crippen LogP contribution < -0.4 is 0 Å². The first-order valence-electron chi connectivity index (χ1n) is 8.02. The van der Waals surface area contributed by atoms with Crippen LogP contribution in [0.3, 0.4) is 0 Å². The van der Waals surface area contributed by atoms with E-state index in [1.54, 1.807) is 0 Å². The van der Waals surface area contributed by atoms with Gasteiger partial charge in [0.15, 0.2) is 0 Å². The molecule has 0 spiro atoms. The Morgan fingerprint density at radius 3 is 2.21 bits per heavy atom. The van der Waals surface area contributed by atoms with Crippen molar-refractivity contribution in [2.24, 2.45) is 11.8 Å². The first kappa shape index (κ1) is 14.4. The molecule has 1 aliphatic rings. The van der Waals surface area contributed by atoms with E-state index in [0.29, 0.717) is 0 Å². The van der Waals surface area contributed by atoms with E-state index in [9.17, 15) is 0 Å². The highest BCUT2D eigenvalue weighted by atomic mass is 14.2. The van der Waals surface area contributed by atoms with Gasteiger partial charge in [-0.15, -0.1) is 0 Å². The SMILES string of the molecule is C/C=C\[C@H]1CC[C@H](CCc2ccc(CC)cc2)CC1. The number of rotatable bonds is 5. The average Bonchev–Trinajstić information content (AvgIpc) is 2.47. The molecular weight excluding hydrogens is 228 g/mol. The minimum atomic E-state index is 0.866. The Hall–Kier alpha value is -1.04. The molecule has 0 heterocycles. The van der Waals surface area contributed by atoms with E-state index < -0.39 is 0 Å². The summed E-state index contributed by atoms with van der Waals surface area (Å²) in [6.45, 7) is 4.37. The minimum Gasteiger partial charge on any atom is -0.0914 e. The second-order valence-electron chi connectivity index (χ2n) is 6.02. The van der Waals surface area contributed by atoms with Gasteiger partial charge >= 0.3 is 0 Å². The molecular formula is C19H28. The van der Waals surface area contributed by atoms with E-state index in [2.05, 4.69) is 50.3 Å². The van der Waals surface area contributed by atoms with Crippen molar-refractivity contribution in [1.82, 2.24) is 0 Å². The van der Waals surface area contributed by atoms with Crippen LogP contribution in [0.15, 0.2) is 36.4 Å². The standard InChI is InChI=1S/C19H28/c1-3-5-17-10-12-19(13-11-17)15-14-18-8-6-16(4-2)7-9-18/h3,5-9,17,19H,4,10-15H2,1-2H3/b5-3-/t17-,19-. The van der Waals surface area contributed by atoms with Crippen LogP contribution in [-0.2, 0) is 12.8 Å². The summed E-state index contributed by atoms with van der Waals surface area (Å²) in [5.74, 6) is 1.83. The molecule has 0 radical (unpaired) electrons. The van der Waals surface area contributed by atoms with Crippen molar-refractivity contribution in [3.63, 3.8) is 0 Å². The number of benzene rings is 1. The molecule has 1 aromatic rings. The third kappa shape index (κ3) is 4.53. The van der Waals surface area contributed by atoms with Crippen molar-refractivity contribution in [2.45, 2.75) is 58.8 Å². The Labute approximate surface area is 118 Å². The summed E-state index contributed by atoms with van der Waals surface area (Å²) in [7, 11) is 0. The molecule has 1 aliphatic carbocycles. The molecule has 0 N–H and O–H groups in total. The molecule has 104 valence electrons. The molecule has 0 saturated heterocycles. The lowest BCUT2D eigenvalue weighted by atomic mass is 9.79. The topological polar surface area (TPSA) is 0 Å². The second kappa shape index (κ2) is 7.53. The van der Waals surface area contributed by atoms with Crippen molar-refractivity contribution in [3.8, 4) is 0 Å². The van der Waals surface area contributed by atoms with Crippen LogP contribution in [0.1, 0.15) is 57.1 Å². The Kier molecular flexibility index (Phi) is 5.69. The van der Waals surface area contributed by atoms with Crippen molar-refractivity contribution >= 4 is 0 Å². The fraction of sp³-hybridized carbons (Fsp3) is 0.579. The number of hydrogen-bond acceptors (Lipinski definition) is 0. The Balaban J connectivity index is 1.74. The zero-order valence-electron chi connectivity index (χ0n) is 12.6. The summed E-state index contributed by atoms with van der Waals surface area (Å²) in [6, 6.07) is 9.23. The summed E-state index contributed by atoms with van der Waals surface area (Å²) >= 11 is 0. The van der Waals surface area contributed by atoms with Gasteiger partial charge in [0.1, 0.15) is 0 Å². The van der Waals surface area contributed by atoms with Crippen molar-refractivity contribution in [1.29, 1.82) is 0 Å². The monoisotopic (exact) mass is 256 g/mol. The van der Waals surface area contributed by atoms with Crippen molar-refractivity contribution < 1.29 is 0 Å². The fourth-order valence-corrected chi connectivity index (χ4v) is 3.25. The molecule has 0 unspecified atom stereocenters. The van der Waals surface area contributed by atoms with E-state index >= 15 is 0 Å². The number of hydrogen-bond donors (Lipinski definition) is 0. The first-order valence-corrected chi connectivity index (χ1v) is 8.02. The summed E-state index contributed by atoms with van der Waals surface area (Å²) in [5.41, 5.74) is 2.98. The molecule has 1 fully saturated rings. The van der Waals surface area contributed by atoms with Crippen LogP contribution in [0.2, 0.25) is 0 Å². The summed E-state index contributed by atoms with van der Waals surface area (Å²) < 4.78 is 0. The zero-order valence-corrected chi connectivity index (χ0v) is 12.6. The van der Waals surface area contributed by atoms with Crippen LogP contribution in [0, 0.1) is 11.8 Å². The molecule has 19 heavy (non-hydrogen) atoms. The highest BCUT2D eigenvalue weighted by Gasteiger charge is 2.18. The Morgan fingerprint density at radius 2 is 1.63 bits per heavy atom. The predicted octanol–water partition coefficient (Wildman–Crippen LogP) is 5.56. The van der Waals surface area contributed by atoms with Gasteiger partial charge in [-0.05, 0) is 74.8 Å². The highest BCUT2D eigenvalue weighted by molar-refractivity contribution is 5.22. The number of aryl methyl sites for hydroxylation is 2. The summed E-state index contributed by atoms with van der Waals surface area (Å²) in [5, 5.41) is 0. The highest BCUT2D eigenvalue weighted by Crippen LogP contribution is 2.32. The van der Waals surface area contributed by atoms with E-state index in [0.717, 1.165) is 18.3 Å². The normalized spacial score (nSPS) is 23.9. The van der Waals surface area contributed by atoms with Crippen LogP contribution in [-0.4, -0.2) is 0 Å². The van der Waals surface area contributed by atoms with Crippen molar-refractivity contribution in [2.75, 3.05) is 0 Å². The zero-order chi connectivity index (χ0) is 13.5. The van der Waals surface area contributed by atoms with E-state index in [4.69, 9.17) is 0 Å². The molecule has 0 nitrogen and oxygen atoms in total. The third-order valence-corrected chi connectivity index (χ3v) is 4.63. The Morgan fingerprint density at radius 1 is 1.00 bits per heavy atom. The molecule has 0 amide bonds. The van der Waals surface area contributed by atoms with E-state index in [1.807, 2.05) is 0 Å². The quantitative estimate of drug-likeness (QED) is 0.605. The maximum atomic E-state index is 2.40. The van der Waals surface area contributed by atoms with Gasteiger partial charge in [0.05, 0.1) is 0 Å². The van der Waals surface area contributed by atoms with Crippen LogP contribution in [0.25, 0.3) is 0 Å². The van der Waals surface area contributed by atoms with Gasteiger partial charge in [-0.1, -0.05) is 43.3 Å². The lowest BCUT2D eigenvalue weighted by Gasteiger charge is -2.26. The molecule has 0 heteroatoms. The predicted molar refractivity (Wildman–Crippen MR) is 84.4 cm³/mol. The summed E-state index contributed by atoms with van der Waals surface area (Å²) in [6.07, 6.45) is 14.1.